The summed E-state index contributed by atoms with van der Waals surface area (Å²) in [7, 11) is 0. The Hall–Kier alpha value is -0.570. The van der Waals surface area contributed by atoms with Gasteiger partial charge < -0.3 is 10.4 Å². The smallest absolute Gasteiger partial charge is 0.249 e. The summed E-state index contributed by atoms with van der Waals surface area (Å²) >= 11 is 0. The van der Waals surface area contributed by atoms with E-state index in [2.05, 4.69) is 5.32 Å². The molecule has 1 heterocycles. The van der Waals surface area contributed by atoms with Gasteiger partial charge in [0.2, 0.25) is 5.91 Å². The lowest BCUT2D eigenvalue weighted by atomic mass is 9.75. The van der Waals surface area contributed by atoms with Crippen LogP contribution in [0.15, 0.2) is 0 Å². The van der Waals surface area contributed by atoms with Gasteiger partial charge in [-0.2, -0.15) is 0 Å². The molecule has 0 aromatic rings. The van der Waals surface area contributed by atoms with E-state index >= 15 is 0 Å². The van der Waals surface area contributed by atoms with Crippen LogP contribution in [-0.2, 0) is 4.79 Å². The van der Waals surface area contributed by atoms with Crippen LogP contribution in [0.3, 0.4) is 0 Å². The number of carbonyl (C=O) groups is 1. The van der Waals surface area contributed by atoms with Crippen molar-refractivity contribution in [1.82, 2.24) is 5.32 Å². The van der Waals surface area contributed by atoms with Crippen LogP contribution in [0.5, 0.6) is 0 Å². The zero-order valence-corrected chi connectivity index (χ0v) is 7.18. The molecule has 2 rings (SSSR count). The molecule has 12 heavy (non-hydrogen) atoms. The van der Waals surface area contributed by atoms with Gasteiger partial charge in [-0.3, -0.25) is 4.79 Å². The van der Waals surface area contributed by atoms with Crippen molar-refractivity contribution in [3.63, 3.8) is 0 Å². The maximum Gasteiger partial charge on any atom is 0.249 e. The van der Waals surface area contributed by atoms with Gasteiger partial charge in [0.05, 0.1) is 0 Å². The van der Waals surface area contributed by atoms with E-state index in [1.54, 1.807) is 0 Å². The number of nitrogens with one attached hydrogen (secondary N) is 1. The molecule has 0 aromatic heterocycles. The van der Waals surface area contributed by atoms with Gasteiger partial charge >= 0.3 is 0 Å². The second-order valence-corrected chi connectivity index (χ2v) is 4.01. The molecule has 1 atom stereocenters. The maximum atomic E-state index is 11.2. The number of hydrogen-bond donors (Lipinski definition) is 2. The first-order valence-electron chi connectivity index (χ1n) is 4.70. The zero-order chi connectivity index (χ0) is 8.60. The van der Waals surface area contributed by atoms with Crippen LogP contribution in [0.2, 0.25) is 0 Å². The Morgan fingerprint density at radius 1 is 1.33 bits per heavy atom. The zero-order valence-electron chi connectivity index (χ0n) is 7.18. The van der Waals surface area contributed by atoms with Crippen molar-refractivity contribution >= 4 is 5.91 Å². The van der Waals surface area contributed by atoms with Crippen LogP contribution < -0.4 is 5.32 Å². The number of aliphatic hydroxyl groups is 1. The number of hydrogen-bond acceptors (Lipinski definition) is 2. The van der Waals surface area contributed by atoms with E-state index in [1.165, 1.54) is 12.8 Å². The topological polar surface area (TPSA) is 49.3 Å². The van der Waals surface area contributed by atoms with Crippen LogP contribution >= 0.6 is 0 Å². The largest absolute Gasteiger partial charge is 0.383 e. The molecule has 3 heteroatoms. The van der Waals surface area contributed by atoms with Crippen molar-refractivity contribution in [2.75, 3.05) is 6.54 Å². The molecule has 0 bridgehead atoms. The predicted octanol–water partition coefficient (Wildman–Crippen LogP) is 0.428. The summed E-state index contributed by atoms with van der Waals surface area (Å²) in [6.45, 7) is 0.746. The molecule has 0 radical (unpaired) electrons. The number of carbonyl (C=O) groups excluding carboxylic acids is 1. The molecule has 3 nitrogen and oxygen atoms in total. The first kappa shape index (κ1) is 8.05. The Morgan fingerprint density at radius 3 is 2.67 bits per heavy atom. The standard InChI is InChI=1S/C9H15NO2/c11-7-8(12)10-6-5-9(7)3-1-2-4-9/h7,11H,1-6H2,(H,10,12). The molecular formula is C9H15NO2. The van der Waals surface area contributed by atoms with E-state index in [1.807, 2.05) is 0 Å². The lowest BCUT2D eigenvalue weighted by Crippen LogP contribution is -2.51. The monoisotopic (exact) mass is 169 g/mol. The average Bonchev–Trinajstić information content (AvgIpc) is 2.50. The Kier molecular flexibility index (Phi) is 1.83. The van der Waals surface area contributed by atoms with E-state index in [4.69, 9.17) is 0 Å². The fourth-order valence-electron chi connectivity index (χ4n) is 2.55. The minimum absolute atomic E-state index is 0.0532. The lowest BCUT2D eigenvalue weighted by molar-refractivity contribution is -0.140. The van der Waals surface area contributed by atoms with E-state index in [0.29, 0.717) is 0 Å². The molecule has 1 spiro atoms. The number of aliphatic hydroxyl groups excluding tert-OH is 1. The third-order valence-corrected chi connectivity index (χ3v) is 3.35. The highest BCUT2D eigenvalue weighted by atomic mass is 16.3. The molecule has 0 aromatic carbocycles. The Bertz CT molecular complexity index is 197. The first-order chi connectivity index (χ1) is 5.75. The van der Waals surface area contributed by atoms with Crippen molar-refractivity contribution in [3.05, 3.63) is 0 Å². The Morgan fingerprint density at radius 2 is 2.00 bits per heavy atom. The van der Waals surface area contributed by atoms with Crippen molar-refractivity contribution < 1.29 is 9.90 Å². The van der Waals surface area contributed by atoms with E-state index in [9.17, 15) is 9.90 Å². The molecular weight excluding hydrogens is 154 g/mol. The summed E-state index contributed by atoms with van der Waals surface area (Å²) in [5.41, 5.74) is -0.0532. The van der Waals surface area contributed by atoms with Crippen LogP contribution in [0.1, 0.15) is 32.1 Å². The van der Waals surface area contributed by atoms with Gasteiger partial charge in [-0.25, -0.2) is 0 Å². The van der Waals surface area contributed by atoms with Gasteiger partial charge in [0.25, 0.3) is 0 Å². The van der Waals surface area contributed by atoms with E-state index in [-0.39, 0.29) is 11.3 Å². The van der Waals surface area contributed by atoms with E-state index < -0.39 is 6.10 Å². The third kappa shape index (κ3) is 1.04. The van der Waals surface area contributed by atoms with Gasteiger partial charge in [-0.05, 0) is 19.3 Å². The highest BCUT2D eigenvalue weighted by Gasteiger charge is 2.45. The molecule has 1 amide bonds. The normalized spacial score (nSPS) is 33.8. The molecule has 1 saturated heterocycles. The highest BCUT2D eigenvalue weighted by molar-refractivity contribution is 5.82. The minimum Gasteiger partial charge on any atom is -0.383 e. The van der Waals surface area contributed by atoms with Gasteiger partial charge in [-0.15, -0.1) is 0 Å². The maximum absolute atomic E-state index is 11.2. The summed E-state index contributed by atoms with van der Waals surface area (Å²) in [6, 6.07) is 0. The van der Waals surface area contributed by atoms with Crippen LogP contribution in [0, 0.1) is 5.41 Å². The average molecular weight is 169 g/mol. The lowest BCUT2D eigenvalue weighted by Gasteiger charge is -2.37. The summed E-state index contributed by atoms with van der Waals surface area (Å²) in [4.78, 5) is 11.2. The molecule has 1 unspecified atom stereocenters. The van der Waals surface area contributed by atoms with Crippen molar-refractivity contribution in [2.45, 2.75) is 38.2 Å². The van der Waals surface area contributed by atoms with Crippen molar-refractivity contribution in [2.24, 2.45) is 5.41 Å². The van der Waals surface area contributed by atoms with E-state index in [0.717, 1.165) is 25.8 Å². The van der Waals surface area contributed by atoms with Crippen molar-refractivity contribution in [1.29, 1.82) is 0 Å². The fourth-order valence-corrected chi connectivity index (χ4v) is 2.55. The summed E-state index contributed by atoms with van der Waals surface area (Å²) in [5.74, 6) is -0.164. The minimum atomic E-state index is -0.742. The molecule has 2 aliphatic rings. The van der Waals surface area contributed by atoms with Gasteiger partial charge in [0.15, 0.2) is 0 Å². The molecule has 1 saturated carbocycles. The first-order valence-corrected chi connectivity index (χ1v) is 4.70. The van der Waals surface area contributed by atoms with Gasteiger partial charge in [0, 0.05) is 12.0 Å². The fraction of sp³-hybridized carbons (Fsp3) is 0.889. The van der Waals surface area contributed by atoms with Crippen molar-refractivity contribution in [3.8, 4) is 0 Å². The molecule has 68 valence electrons. The predicted molar refractivity (Wildman–Crippen MR) is 44.5 cm³/mol. The highest BCUT2D eigenvalue weighted by Crippen LogP contribution is 2.45. The second kappa shape index (κ2) is 2.73. The quantitative estimate of drug-likeness (QED) is 0.552. The number of amides is 1. The number of rotatable bonds is 0. The summed E-state index contributed by atoms with van der Waals surface area (Å²) < 4.78 is 0. The van der Waals surface area contributed by atoms with Crippen LogP contribution in [0.4, 0.5) is 0 Å². The van der Waals surface area contributed by atoms with Gasteiger partial charge in [0.1, 0.15) is 6.10 Å². The van der Waals surface area contributed by atoms with Crippen LogP contribution in [0.25, 0.3) is 0 Å². The van der Waals surface area contributed by atoms with Gasteiger partial charge in [-0.1, -0.05) is 12.8 Å². The van der Waals surface area contributed by atoms with Crippen LogP contribution in [-0.4, -0.2) is 23.7 Å². The Balaban J connectivity index is 2.17. The summed E-state index contributed by atoms with van der Waals surface area (Å²) in [6.07, 6.45) is 4.62. The third-order valence-electron chi connectivity index (χ3n) is 3.35. The summed E-state index contributed by atoms with van der Waals surface area (Å²) in [5, 5.41) is 12.4. The molecule has 1 aliphatic heterocycles. The second-order valence-electron chi connectivity index (χ2n) is 4.01. The number of piperidine rings is 1. The molecule has 2 fully saturated rings. The SMILES string of the molecule is O=C1NCCC2(CCCC2)C1O. The Labute approximate surface area is 72.2 Å². The molecule has 1 aliphatic carbocycles. The molecule has 2 N–H and O–H groups in total.